The van der Waals surface area contributed by atoms with Gasteiger partial charge >= 0.3 is 23.9 Å². The maximum Gasteiger partial charge on any atom is 0.338 e. The summed E-state index contributed by atoms with van der Waals surface area (Å²) in [6, 6.07) is 8.40. The molecule has 2 saturated carbocycles. The number of aliphatic hydroxyl groups is 1. The maximum atomic E-state index is 14.2. The van der Waals surface area contributed by atoms with Gasteiger partial charge in [-0.2, -0.15) is 0 Å². The lowest BCUT2D eigenvalue weighted by Crippen LogP contribution is -2.84. The fourth-order valence-corrected chi connectivity index (χ4v) is 9.69. The molecule has 2 aliphatic heterocycles. The van der Waals surface area contributed by atoms with E-state index in [9.17, 15) is 24.3 Å². The fourth-order valence-electron chi connectivity index (χ4n) is 9.69. The van der Waals surface area contributed by atoms with Crippen LogP contribution in [-0.2, 0) is 47.5 Å². The van der Waals surface area contributed by atoms with E-state index >= 15 is 0 Å². The Kier molecular flexibility index (Phi) is 9.35. The average molecular weight is 711 g/mol. The summed E-state index contributed by atoms with van der Waals surface area (Å²) in [5.74, 6) is -4.67. The van der Waals surface area contributed by atoms with Gasteiger partial charge in [-0.25, -0.2) is 4.79 Å². The zero-order chi connectivity index (χ0) is 37.3. The molecule has 12 nitrogen and oxygen atoms in total. The Bertz CT molecular complexity index is 1630. The van der Waals surface area contributed by atoms with Gasteiger partial charge in [-0.1, -0.05) is 45.0 Å². The van der Waals surface area contributed by atoms with Gasteiger partial charge in [0.15, 0.2) is 17.5 Å². The Morgan fingerprint density at radius 3 is 2.24 bits per heavy atom. The zero-order valence-electron chi connectivity index (χ0n) is 30.7. The lowest BCUT2D eigenvalue weighted by Gasteiger charge is -2.71. The summed E-state index contributed by atoms with van der Waals surface area (Å²) in [5, 5.41) is 13.6. The summed E-state index contributed by atoms with van der Waals surface area (Å²) >= 11 is 0. The highest BCUT2D eigenvalue weighted by atomic mass is 16.7. The van der Waals surface area contributed by atoms with Crippen LogP contribution < -0.4 is 0 Å². The Morgan fingerprint density at radius 1 is 0.961 bits per heavy atom. The van der Waals surface area contributed by atoms with Crippen LogP contribution >= 0.6 is 0 Å². The number of rotatable bonds is 8. The van der Waals surface area contributed by atoms with Crippen molar-refractivity contribution in [1.29, 1.82) is 0 Å². The van der Waals surface area contributed by atoms with Gasteiger partial charge in [0.25, 0.3) is 0 Å². The summed E-state index contributed by atoms with van der Waals surface area (Å²) in [5.41, 5.74) is -4.70. The predicted molar refractivity (Wildman–Crippen MR) is 181 cm³/mol. The molecule has 6 rings (SSSR count). The summed E-state index contributed by atoms with van der Waals surface area (Å²) < 4.78 is 44.8. The predicted octanol–water partition coefficient (Wildman–Crippen LogP) is 4.76. The molecular weight excluding hydrogens is 660 g/mol. The van der Waals surface area contributed by atoms with E-state index in [2.05, 4.69) is 6.58 Å². The highest BCUT2D eigenvalue weighted by molar-refractivity contribution is 5.89. The number of benzene rings is 1. The molecule has 51 heavy (non-hydrogen) atoms. The smallest absolute Gasteiger partial charge is 0.338 e. The Labute approximate surface area is 298 Å². The van der Waals surface area contributed by atoms with Crippen LogP contribution in [0.2, 0.25) is 0 Å². The lowest BCUT2D eigenvalue weighted by atomic mass is 9.44. The van der Waals surface area contributed by atoms with E-state index in [1.165, 1.54) is 13.8 Å². The van der Waals surface area contributed by atoms with E-state index < -0.39 is 94.2 Å². The van der Waals surface area contributed by atoms with Crippen molar-refractivity contribution in [3.05, 3.63) is 59.7 Å². The molecule has 0 aromatic heterocycles. The Balaban J connectivity index is 1.67. The van der Waals surface area contributed by atoms with Gasteiger partial charge in [-0.3, -0.25) is 14.4 Å². The third kappa shape index (κ3) is 5.82. The minimum atomic E-state index is -2.02. The first-order valence-corrected chi connectivity index (χ1v) is 17.7. The van der Waals surface area contributed by atoms with Crippen molar-refractivity contribution in [3.63, 3.8) is 0 Å². The van der Waals surface area contributed by atoms with Gasteiger partial charge in [0.1, 0.15) is 30.0 Å². The minimum Gasteiger partial charge on any atom is -0.458 e. The molecule has 1 aromatic carbocycles. The Morgan fingerprint density at radius 2 is 1.65 bits per heavy atom. The second-order valence-electron chi connectivity index (χ2n) is 15.9. The van der Waals surface area contributed by atoms with Crippen LogP contribution in [0.1, 0.15) is 91.4 Å². The molecule has 3 aliphatic carbocycles. The number of ether oxygens (including phenoxy) is 7. The van der Waals surface area contributed by atoms with E-state index in [4.69, 9.17) is 33.2 Å². The van der Waals surface area contributed by atoms with E-state index in [0.29, 0.717) is 17.6 Å². The number of esters is 4. The van der Waals surface area contributed by atoms with Crippen molar-refractivity contribution in [2.45, 2.75) is 135 Å². The number of hydrogen-bond acceptors (Lipinski definition) is 12. The topological polar surface area (TPSA) is 153 Å². The number of allylic oxidation sites excluding steroid dienone is 1. The van der Waals surface area contributed by atoms with Crippen molar-refractivity contribution in [2.24, 2.45) is 16.7 Å². The van der Waals surface area contributed by atoms with Crippen LogP contribution in [0.15, 0.2) is 54.1 Å². The highest BCUT2D eigenvalue weighted by Gasteiger charge is 2.80. The molecule has 0 amide bonds. The number of fused-ring (bicyclic) bond motifs is 4. The molecule has 10 atom stereocenters. The van der Waals surface area contributed by atoms with Crippen molar-refractivity contribution in [2.75, 3.05) is 6.61 Å². The first-order chi connectivity index (χ1) is 23.8. The molecule has 0 unspecified atom stereocenters. The van der Waals surface area contributed by atoms with Crippen LogP contribution in [-0.4, -0.2) is 89.2 Å². The third-order valence-corrected chi connectivity index (χ3v) is 12.0. The SMILES string of the molecule is C=CCCC(=O)O[C@H]1C[C@@]2(O)[C@@H](OC(=O)c3ccccc3)[C@@H]3[C@]4(OC(C)=O)CO[C@@H]4C[C@@H]4OC(C)(C)O[C@@H]([C@H](OC(C)=O)C(=C1C)C2(C)C)[C@]43C. The second kappa shape index (κ2) is 12.8. The standard InChI is InChI=1S/C39H50O12/c1-10-11-17-28(42)47-25-19-39(44)33(48-34(43)24-15-13-12-14-16-24)31-37(9)26(18-27-38(31,20-45-27)49-23(4)41)50-36(7,8)51-32(37)30(46-22(3)40)29(21(25)2)35(39,5)6/h10,12-16,25-27,30-33,44H,1,11,17-20H2,2-9H3/t25-,26-,27+,30+,31-,32-,33-,37+,38-,39+/m0/s1. The third-order valence-electron chi connectivity index (χ3n) is 12.0. The lowest BCUT2D eigenvalue weighted by molar-refractivity contribution is -0.430. The second-order valence-corrected chi connectivity index (χ2v) is 15.9. The van der Waals surface area contributed by atoms with Crippen LogP contribution in [0, 0.1) is 16.7 Å². The van der Waals surface area contributed by atoms with Gasteiger partial charge in [0.2, 0.25) is 0 Å². The summed E-state index contributed by atoms with van der Waals surface area (Å²) in [6.45, 7) is 17.0. The van der Waals surface area contributed by atoms with Crippen LogP contribution in [0.5, 0.6) is 0 Å². The molecule has 0 spiro atoms. The van der Waals surface area contributed by atoms with Gasteiger partial charge in [-0.05, 0) is 50.5 Å². The first-order valence-electron chi connectivity index (χ1n) is 17.7. The van der Waals surface area contributed by atoms with Crippen LogP contribution in [0.4, 0.5) is 0 Å². The van der Waals surface area contributed by atoms with E-state index in [1.54, 1.807) is 71.0 Å². The molecule has 2 heterocycles. The van der Waals surface area contributed by atoms with Crippen molar-refractivity contribution < 1.29 is 57.4 Å². The molecular formula is C39H50O12. The summed E-state index contributed by atoms with van der Waals surface area (Å²) in [6.07, 6.45) is -3.78. The van der Waals surface area contributed by atoms with Gasteiger partial charge < -0.3 is 38.3 Å². The Hall–Kier alpha value is -3.58. The fraction of sp³-hybridized carbons (Fsp3) is 0.641. The molecule has 2 saturated heterocycles. The molecule has 0 radical (unpaired) electrons. The molecule has 5 aliphatic rings. The van der Waals surface area contributed by atoms with Crippen LogP contribution in [0.3, 0.4) is 0 Å². The molecule has 278 valence electrons. The monoisotopic (exact) mass is 710 g/mol. The number of carbonyl (C=O) groups is 4. The highest BCUT2D eigenvalue weighted by Crippen LogP contribution is 2.67. The number of carbonyl (C=O) groups excluding carboxylic acids is 4. The van der Waals surface area contributed by atoms with E-state index in [-0.39, 0.29) is 31.4 Å². The van der Waals surface area contributed by atoms with Crippen LogP contribution in [0.25, 0.3) is 0 Å². The molecule has 12 heteroatoms. The maximum absolute atomic E-state index is 14.2. The zero-order valence-corrected chi connectivity index (χ0v) is 30.7. The largest absolute Gasteiger partial charge is 0.458 e. The average Bonchev–Trinajstić information content (AvgIpc) is 3.03. The molecule has 4 fully saturated rings. The summed E-state index contributed by atoms with van der Waals surface area (Å²) in [4.78, 5) is 53.5. The molecule has 1 N–H and O–H groups in total. The molecule has 1 aromatic rings. The quantitative estimate of drug-likeness (QED) is 0.225. The number of hydrogen-bond donors (Lipinski definition) is 1. The van der Waals surface area contributed by atoms with Gasteiger partial charge in [0.05, 0.1) is 24.2 Å². The normalized spacial score (nSPS) is 38.6. The van der Waals surface area contributed by atoms with E-state index in [1.807, 2.05) is 6.92 Å². The van der Waals surface area contributed by atoms with Crippen molar-refractivity contribution in [1.82, 2.24) is 0 Å². The van der Waals surface area contributed by atoms with E-state index in [0.717, 1.165) is 0 Å². The van der Waals surface area contributed by atoms with Gasteiger partial charge in [-0.15, -0.1) is 6.58 Å². The first kappa shape index (κ1) is 37.2. The van der Waals surface area contributed by atoms with Gasteiger partial charge in [0, 0.05) is 43.9 Å². The summed E-state index contributed by atoms with van der Waals surface area (Å²) in [7, 11) is 0. The molecule has 2 bridgehead atoms. The van der Waals surface area contributed by atoms with Crippen molar-refractivity contribution in [3.8, 4) is 0 Å². The minimum absolute atomic E-state index is 0.0540. The van der Waals surface area contributed by atoms with Crippen molar-refractivity contribution >= 4 is 23.9 Å².